The topological polar surface area (TPSA) is 41.6 Å². The molecule has 0 aliphatic heterocycles. The van der Waals surface area contributed by atoms with Crippen molar-refractivity contribution in [3.63, 3.8) is 0 Å². The Morgan fingerprint density at radius 2 is 2.23 bits per heavy atom. The highest BCUT2D eigenvalue weighted by atomic mass is 15.3. The first kappa shape index (κ1) is 7.81. The van der Waals surface area contributed by atoms with Gasteiger partial charge in [-0.2, -0.15) is 10.4 Å². The molecular weight excluding hydrogens is 162 g/mol. The van der Waals surface area contributed by atoms with Crippen LogP contribution >= 0.6 is 0 Å². The molecular formula is C10H9N3. The molecule has 2 aromatic rings. The van der Waals surface area contributed by atoms with Gasteiger partial charge in [0.15, 0.2) is 0 Å². The zero-order valence-corrected chi connectivity index (χ0v) is 7.57. The SMILES string of the molecule is Cc1nn(C)c2c(C#N)cccc12. The number of nitrogens with zero attached hydrogens (tertiary/aromatic N) is 3. The number of aryl methyl sites for hydroxylation is 2. The molecule has 0 aliphatic carbocycles. The number of benzene rings is 1. The van der Waals surface area contributed by atoms with Crippen molar-refractivity contribution in [1.29, 1.82) is 5.26 Å². The number of para-hydroxylation sites is 1. The molecule has 2 rings (SSSR count). The van der Waals surface area contributed by atoms with Crippen LogP contribution in [0.5, 0.6) is 0 Å². The van der Waals surface area contributed by atoms with Crippen molar-refractivity contribution in [2.24, 2.45) is 7.05 Å². The molecule has 0 fully saturated rings. The van der Waals surface area contributed by atoms with E-state index < -0.39 is 0 Å². The second-order valence-corrected chi connectivity index (χ2v) is 3.02. The number of rotatable bonds is 0. The first-order valence-electron chi connectivity index (χ1n) is 4.06. The number of hydrogen-bond donors (Lipinski definition) is 0. The molecule has 0 unspecified atom stereocenters. The molecule has 1 aromatic heterocycles. The highest BCUT2D eigenvalue weighted by molar-refractivity contribution is 5.86. The quantitative estimate of drug-likeness (QED) is 0.606. The van der Waals surface area contributed by atoms with Gasteiger partial charge in [0.25, 0.3) is 0 Å². The molecule has 0 spiro atoms. The molecule has 13 heavy (non-hydrogen) atoms. The van der Waals surface area contributed by atoms with Gasteiger partial charge in [-0.1, -0.05) is 12.1 Å². The summed E-state index contributed by atoms with van der Waals surface area (Å²) in [5.74, 6) is 0. The van der Waals surface area contributed by atoms with Crippen LogP contribution in [0.2, 0.25) is 0 Å². The fourth-order valence-electron chi connectivity index (χ4n) is 1.60. The van der Waals surface area contributed by atoms with Crippen molar-refractivity contribution in [2.45, 2.75) is 6.92 Å². The zero-order valence-electron chi connectivity index (χ0n) is 7.57. The van der Waals surface area contributed by atoms with E-state index in [9.17, 15) is 0 Å². The Bertz CT molecular complexity index is 503. The number of aromatic nitrogens is 2. The third-order valence-electron chi connectivity index (χ3n) is 2.17. The van der Waals surface area contributed by atoms with Gasteiger partial charge < -0.3 is 0 Å². The van der Waals surface area contributed by atoms with Gasteiger partial charge in [-0.25, -0.2) is 0 Å². The first-order valence-corrected chi connectivity index (χ1v) is 4.06. The van der Waals surface area contributed by atoms with E-state index in [2.05, 4.69) is 11.2 Å². The molecule has 0 radical (unpaired) electrons. The van der Waals surface area contributed by atoms with E-state index in [0.717, 1.165) is 16.6 Å². The lowest BCUT2D eigenvalue weighted by atomic mass is 10.1. The van der Waals surface area contributed by atoms with Crippen LogP contribution in [-0.2, 0) is 7.05 Å². The van der Waals surface area contributed by atoms with Crippen molar-refractivity contribution in [3.8, 4) is 6.07 Å². The fraction of sp³-hybridized carbons (Fsp3) is 0.200. The van der Waals surface area contributed by atoms with Crippen LogP contribution in [0.15, 0.2) is 18.2 Å². The third kappa shape index (κ3) is 0.994. The Hall–Kier alpha value is -1.82. The number of hydrogen-bond acceptors (Lipinski definition) is 2. The summed E-state index contributed by atoms with van der Waals surface area (Å²) in [6.07, 6.45) is 0. The van der Waals surface area contributed by atoms with E-state index in [1.54, 1.807) is 4.68 Å². The number of fused-ring (bicyclic) bond motifs is 1. The highest BCUT2D eigenvalue weighted by Gasteiger charge is 2.07. The second-order valence-electron chi connectivity index (χ2n) is 3.02. The summed E-state index contributed by atoms with van der Waals surface area (Å²) in [5.41, 5.74) is 2.57. The molecule has 1 aromatic carbocycles. The predicted molar refractivity (Wildman–Crippen MR) is 50.2 cm³/mol. The summed E-state index contributed by atoms with van der Waals surface area (Å²) in [5, 5.41) is 14.2. The highest BCUT2D eigenvalue weighted by Crippen LogP contribution is 2.20. The molecule has 0 N–H and O–H groups in total. The van der Waals surface area contributed by atoms with Crippen LogP contribution in [0.3, 0.4) is 0 Å². The van der Waals surface area contributed by atoms with Crippen LogP contribution in [0.25, 0.3) is 10.9 Å². The first-order chi connectivity index (χ1) is 6.24. The molecule has 0 atom stereocenters. The summed E-state index contributed by atoms with van der Waals surface area (Å²) < 4.78 is 1.75. The fourth-order valence-corrected chi connectivity index (χ4v) is 1.60. The van der Waals surface area contributed by atoms with Crippen molar-refractivity contribution < 1.29 is 0 Å². The van der Waals surface area contributed by atoms with Crippen molar-refractivity contribution in [1.82, 2.24) is 9.78 Å². The van der Waals surface area contributed by atoms with E-state index in [1.807, 2.05) is 32.2 Å². The van der Waals surface area contributed by atoms with Crippen LogP contribution in [0.1, 0.15) is 11.3 Å². The minimum atomic E-state index is 0.681. The standard InChI is InChI=1S/C10H9N3/c1-7-9-5-3-4-8(6-11)10(9)13(2)12-7/h3-5H,1-2H3. The van der Waals surface area contributed by atoms with Gasteiger partial charge in [-0.3, -0.25) is 4.68 Å². The summed E-state index contributed by atoms with van der Waals surface area (Å²) in [7, 11) is 1.86. The molecule has 0 aliphatic rings. The lowest BCUT2D eigenvalue weighted by Crippen LogP contribution is -1.91. The molecule has 3 nitrogen and oxygen atoms in total. The lowest BCUT2D eigenvalue weighted by Gasteiger charge is -1.95. The van der Waals surface area contributed by atoms with Gasteiger partial charge >= 0.3 is 0 Å². The molecule has 3 heteroatoms. The maximum Gasteiger partial charge on any atom is 0.101 e. The summed E-state index contributed by atoms with van der Waals surface area (Å²) in [6.45, 7) is 1.95. The Morgan fingerprint density at radius 1 is 1.46 bits per heavy atom. The smallest absolute Gasteiger partial charge is 0.101 e. The average Bonchev–Trinajstić information content (AvgIpc) is 2.43. The second kappa shape index (κ2) is 2.60. The Labute approximate surface area is 76.2 Å². The zero-order chi connectivity index (χ0) is 9.42. The van der Waals surface area contributed by atoms with Crippen molar-refractivity contribution in [2.75, 3.05) is 0 Å². The predicted octanol–water partition coefficient (Wildman–Crippen LogP) is 1.75. The Morgan fingerprint density at radius 3 is 2.92 bits per heavy atom. The summed E-state index contributed by atoms with van der Waals surface area (Å²) in [4.78, 5) is 0. The molecule has 1 heterocycles. The Balaban J connectivity index is 2.99. The normalized spacial score (nSPS) is 10.2. The molecule has 0 saturated heterocycles. The summed E-state index contributed by atoms with van der Waals surface area (Å²) >= 11 is 0. The van der Waals surface area contributed by atoms with Crippen molar-refractivity contribution >= 4 is 10.9 Å². The third-order valence-corrected chi connectivity index (χ3v) is 2.17. The largest absolute Gasteiger partial charge is 0.266 e. The van der Waals surface area contributed by atoms with E-state index in [1.165, 1.54) is 0 Å². The van der Waals surface area contributed by atoms with Gasteiger partial charge in [0.05, 0.1) is 16.8 Å². The van der Waals surface area contributed by atoms with Crippen LogP contribution in [0.4, 0.5) is 0 Å². The monoisotopic (exact) mass is 171 g/mol. The minimum absolute atomic E-state index is 0.681. The van der Waals surface area contributed by atoms with Gasteiger partial charge in [0.1, 0.15) is 6.07 Å². The molecule has 0 bridgehead atoms. The van der Waals surface area contributed by atoms with Crippen LogP contribution in [-0.4, -0.2) is 9.78 Å². The van der Waals surface area contributed by atoms with Gasteiger partial charge in [-0.05, 0) is 13.0 Å². The van der Waals surface area contributed by atoms with E-state index >= 15 is 0 Å². The average molecular weight is 171 g/mol. The van der Waals surface area contributed by atoms with E-state index in [0.29, 0.717) is 5.56 Å². The van der Waals surface area contributed by atoms with Gasteiger partial charge in [0.2, 0.25) is 0 Å². The molecule has 64 valence electrons. The van der Waals surface area contributed by atoms with E-state index in [4.69, 9.17) is 5.26 Å². The minimum Gasteiger partial charge on any atom is -0.266 e. The maximum absolute atomic E-state index is 8.88. The molecule has 0 amide bonds. The molecule has 0 saturated carbocycles. The summed E-state index contributed by atoms with van der Waals surface area (Å²) in [6, 6.07) is 7.84. The van der Waals surface area contributed by atoms with E-state index in [-0.39, 0.29) is 0 Å². The Kier molecular flexibility index (Phi) is 1.56. The number of nitriles is 1. The lowest BCUT2D eigenvalue weighted by molar-refractivity contribution is 0.782. The van der Waals surface area contributed by atoms with Crippen LogP contribution in [0, 0.1) is 18.3 Å². The van der Waals surface area contributed by atoms with Crippen LogP contribution < -0.4 is 0 Å². The van der Waals surface area contributed by atoms with Gasteiger partial charge in [-0.15, -0.1) is 0 Å². The van der Waals surface area contributed by atoms with Crippen molar-refractivity contribution in [3.05, 3.63) is 29.5 Å². The van der Waals surface area contributed by atoms with Gasteiger partial charge in [0, 0.05) is 12.4 Å². The maximum atomic E-state index is 8.88.